The highest BCUT2D eigenvalue weighted by atomic mass is 79.9. The van der Waals surface area contributed by atoms with E-state index in [0.717, 1.165) is 27.0 Å². The molecular weight excluding hydrogens is 496 g/mol. The Morgan fingerprint density at radius 1 is 1.06 bits per heavy atom. The van der Waals surface area contributed by atoms with Crippen molar-refractivity contribution in [3.8, 4) is 17.1 Å². The first-order valence-electron chi connectivity index (χ1n) is 9.46. The smallest absolute Gasteiger partial charge is 0.234 e. The van der Waals surface area contributed by atoms with Crippen molar-refractivity contribution in [3.63, 3.8) is 0 Å². The third-order valence-electron chi connectivity index (χ3n) is 4.47. The van der Waals surface area contributed by atoms with E-state index in [1.54, 1.807) is 0 Å². The molecule has 0 saturated carbocycles. The first-order chi connectivity index (χ1) is 15.0. The Morgan fingerprint density at radius 3 is 2.52 bits per heavy atom. The molecule has 1 heterocycles. The lowest BCUT2D eigenvalue weighted by atomic mass is 10.2. The summed E-state index contributed by atoms with van der Waals surface area (Å²) in [5.74, 6) is 0.780. The van der Waals surface area contributed by atoms with Crippen LogP contribution in [0.5, 0.6) is 0 Å². The minimum atomic E-state index is -0.116. The molecule has 156 valence electrons. The molecular formula is C23H18BrClN4OS. The van der Waals surface area contributed by atoms with Gasteiger partial charge in [0.25, 0.3) is 0 Å². The van der Waals surface area contributed by atoms with Crippen LogP contribution in [-0.2, 0) is 4.79 Å². The first-order valence-corrected chi connectivity index (χ1v) is 11.6. The van der Waals surface area contributed by atoms with Crippen LogP contribution in [0.4, 0.5) is 5.69 Å². The number of aromatic nitrogens is 3. The number of carbonyl (C=O) groups is 1. The third kappa shape index (κ3) is 5.36. The monoisotopic (exact) mass is 512 g/mol. The van der Waals surface area contributed by atoms with E-state index >= 15 is 0 Å². The van der Waals surface area contributed by atoms with E-state index in [2.05, 4.69) is 31.4 Å². The first kappa shape index (κ1) is 21.6. The highest BCUT2D eigenvalue weighted by Crippen LogP contribution is 2.29. The van der Waals surface area contributed by atoms with Gasteiger partial charge in [-0.05, 0) is 61.5 Å². The van der Waals surface area contributed by atoms with Crippen molar-refractivity contribution < 1.29 is 4.79 Å². The molecule has 0 saturated heterocycles. The fourth-order valence-corrected chi connectivity index (χ4v) is 4.25. The lowest BCUT2D eigenvalue weighted by molar-refractivity contribution is -0.113. The second kappa shape index (κ2) is 9.68. The Hall–Kier alpha value is -2.61. The van der Waals surface area contributed by atoms with Crippen molar-refractivity contribution >= 4 is 50.9 Å². The predicted octanol–water partition coefficient (Wildman–Crippen LogP) is 6.39. The topological polar surface area (TPSA) is 59.8 Å². The molecule has 4 aromatic rings. The second-order valence-electron chi connectivity index (χ2n) is 6.83. The third-order valence-corrected chi connectivity index (χ3v) is 6.14. The fourth-order valence-electron chi connectivity index (χ4n) is 2.97. The maximum Gasteiger partial charge on any atom is 0.234 e. The van der Waals surface area contributed by atoms with Crippen LogP contribution < -0.4 is 5.32 Å². The number of hydrogen-bond donors (Lipinski definition) is 1. The van der Waals surface area contributed by atoms with Gasteiger partial charge < -0.3 is 5.32 Å². The normalized spacial score (nSPS) is 10.8. The Kier molecular flexibility index (Phi) is 6.75. The van der Waals surface area contributed by atoms with Gasteiger partial charge in [0.1, 0.15) is 0 Å². The SMILES string of the molecule is Cc1ccc(-n2c(SCC(=O)Nc3cccc(Br)c3)nnc2-c2ccc(Cl)cc2)cc1. The fraction of sp³-hybridized carbons (Fsp3) is 0.0870. The quantitative estimate of drug-likeness (QED) is 0.304. The van der Waals surface area contributed by atoms with Crippen LogP contribution in [0.2, 0.25) is 5.02 Å². The Balaban J connectivity index is 1.60. The van der Waals surface area contributed by atoms with Crippen molar-refractivity contribution in [1.29, 1.82) is 0 Å². The molecule has 0 unspecified atom stereocenters. The van der Waals surface area contributed by atoms with Crippen LogP contribution >= 0.6 is 39.3 Å². The molecule has 1 amide bonds. The summed E-state index contributed by atoms with van der Waals surface area (Å²) in [5, 5.41) is 13.0. The van der Waals surface area contributed by atoms with Crippen molar-refractivity contribution in [2.24, 2.45) is 0 Å². The summed E-state index contributed by atoms with van der Waals surface area (Å²) < 4.78 is 2.87. The number of halogens is 2. The number of carbonyl (C=O) groups excluding carboxylic acids is 1. The molecule has 31 heavy (non-hydrogen) atoms. The van der Waals surface area contributed by atoms with E-state index in [1.807, 2.05) is 84.3 Å². The number of amides is 1. The maximum absolute atomic E-state index is 12.5. The highest BCUT2D eigenvalue weighted by molar-refractivity contribution is 9.10. The number of aryl methyl sites for hydroxylation is 1. The average Bonchev–Trinajstić information content (AvgIpc) is 3.17. The van der Waals surface area contributed by atoms with Gasteiger partial charge in [0.15, 0.2) is 11.0 Å². The molecule has 0 fully saturated rings. The van der Waals surface area contributed by atoms with Crippen LogP contribution in [0.3, 0.4) is 0 Å². The number of rotatable bonds is 6. The molecule has 4 rings (SSSR count). The molecule has 0 atom stereocenters. The van der Waals surface area contributed by atoms with Crippen LogP contribution in [0.15, 0.2) is 82.4 Å². The van der Waals surface area contributed by atoms with Gasteiger partial charge in [0, 0.05) is 26.4 Å². The lowest BCUT2D eigenvalue weighted by Gasteiger charge is -2.11. The second-order valence-corrected chi connectivity index (χ2v) is 9.13. The minimum absolute atomic E-state index is 0.116. The molecule has 1 N–H and O–H groups in total. The number of anilines is 1. The number of thioether (sulfide) groups is 1. The molecule has 0 bridgehead atoms. The number of hydrogen-bond acceptors (Lipinski definition) is 4. The number of nitrogens with one attached hydrogen (secondary N) is 1. The van der Waals surface area contributed by atoms with Gasteiger partial charge in [-0.1, -0.05) is 63.1 Å². The summed E-state index contributed by atoms with van der Waals surface area (Å²) in [6, 6.07) is 23.1. The van der Waals surface area contributed by atoms with Crippen LogP contribution in [0, 0.1) is 6.92 Å². The summed E-state index contributed by atoms with van der Waals surface area (Å²) in [5.41, 5.74) is 3.72. The van der Waals surface area contributed by atoms with Crippen molar-refractivity contribution in [2.75, 3.05) is 11.1 Å². The van der Waals surface area contributed by atoms with Gasteiger partial charge in [-0.15, -0.1) is 10.2 Å². The molecule has 0 aliphatic heterocycles. The molecule has 5 nitrogen and oxygen atoms in total. The Morgan fingerprint density at radius 2 is 1.81 bits per heavy atom. The summed E-state index contributed by atoms with van der Waals surface area (Å²) in [4.78, 5) is 12.5. The predicted molar refractivity (Wildman–Crippen MR) is 130 cm³/mol. The van der Waals surface area contributed by atoms with Gasteiger partial charge in [-0.3, -0.25) is 9.36 Å². The zero-order valence-corrected chi connectivity index (χ0v) is 19.7. The zero-order chi connectivity index (χ0) is 21.8. The zero-order valence-electron chi connectivity index (χ0n) is 16.5. The van der Waals surface area contributed by atoms with E-state index < -0.39 is 0 Å². The Labute approximate surface area is 198 Å². The summed E-state index contributed by atoms with van der Waals surface area (Å²) in [6.07, 6.45) is 0. The Bertz CT molecular complexity index is 1210. The van der Waals surface area contributed by atoms with E-state index in [1.165, 1.54) is 11.8 Å². The molecule has 1 aromatic heterocycles. The van der Waals surface area contributed by atoms with Crippen LogP contribution in [-0.4, -0.2) is 26.4 Å². The standard InChI is InChI=1S/C23H18BrClN4OS/c1-15-5-11-20(12-6-15)29-22(16-7-9-18(25)10-8-16)27-28-23(29)31-14-21(30)26-19-4-2-3-17(24)13-19/h2-13H,14H2,1H3,(H,26,30). The van der Waals surface area contributed by atoms with Gasteiger partial charge in [-0.2, -0.15) is 0 Å². The largest absolute Gasteiger partial charge is 0.325 e. The molecule has 3 aromatic carbocycles. The highest BCUT2D eigenvalue weighted by Gasteiger charge is 2.17. The molecule has 0 aliphatic rings. The maximum atomic E-state index is 12.5. The van der Waals surface area contributed by atoms with Gasteiger partial charge >= 0.3 is 0 Å². The minimum Gasteiger partial charge on any atom is -0.325 e. The van der Waals surface area contributed by atoms with Crippen molar-refractivity contribution in [1.82, 2.24) is 14.8 Å². The van der Waals surface area contributed by atoms with Crippen molar-refractivity contribution in [2.45, 2.75) is 12.1 Å². The molecule has 0 spiro atoms. The number of nitrogens with zero attached hydrogens (tertiary/aromatic N) is 3. The number of benzene rings is 3. The van der Waals surface area contributed by atoms with E-state index in [9.17, 15) is 4.79 Å². The van der Waals surface area contributed by atoms with Gasteiger partial charge in [0.05, 0.1) is 5.75 Å². The van der Waals surface area contributed by atoms with E-state index in [0.29, 0.717) is 16.0 Å². The molecule has 0 radical (unpaired) electrons. The molecule has 0 aliphatic carbocycles. The van der Waals surface area contributed by atoms with Crippen LogP contribution in [0.25, 0.3) is 17.1 Å². The molecule has 8 heteroatoms. The summed E-state index contributed by atoms with van der Waals surface area (Å²) >= 11 is 10.8. The summed E-state index contributed by atoms with van der Waals surface area (Å²) in [7, 11) is 0. The van der Waals surface area contributed by atoms with Crippen molar-refractivity contribution in [3.05, 3.63) is 87.9 Å². The average molecular weight is 514 g/mol. The van der Waals surface area contributed by atoms with E-state index in [4.69, 9.17) is 11.6 Å². The van der Waals surface area contributed by atoms with Crippen LogP contribution in [0.1, 0.15) is 5.56 Å². The summed E-state index contributed by atoms with van der Waals surface area (Å²) in [6.45, 7) is 2.04. The van der Waals surface area contributed by atoms with E-state index in [-0.39, 0.29) is 11.7 Å². The van der Waals surface area contributed by atoms with Gasteiger partial charge in [0.2, 0.25) is 5.91 Å². The lowest BCUT2D eigenvalue weighted by Crippen LogP contribution is -2.14. The van der Waals surface area contributed by atoms with Gasteiger partial charge in [-0.25, -0.2) is 0 Å².